The predicted octanol–water partition coefficient (Wildman–Crippen LogP) is 3.82. The number of amides is 1. The van der Waals surface area contributed by atoms with E-state index in [2.05, 4.69) is 0 Å². The number of benzene rings is 1. The van der Waals surface area contributed by atoms with E-state index in [0.29, 0.717) is 24.2 Å². The van der Waals surface area contributed by atoms with Crippen molar-refractivity contribution in [3.05, 3.63) is 41.5 Å². The minimum atomic E-state index is -0.752. The summed E-state index contributed by atoms with van der Waals surface area (Å²) in [5.41, 5.74) is 6.68. The van der Waals surface area contributed by atoms with Crippen molar-refractivity contribution < 1.29 is 19.5 Å². The Balaban J connectivity index is 1.89. The highest BCUT2D eigenvalue weighted by Crippen LogP contribution is 2.34. The molecule has 1 aromatic rings. The lowest BCUT2D eigenvalue weighted by Gasteiger charge is -2.15. The van der Waals surface area contributed by atoms with Gasteiger partial charge in [0, 0.05) is 24.3 Å². The molecule has 2 atom stereocenters. The van der Waals surface area contributed by atoms with Gasteiger partial charge < -0.3 is 10.8 Å². The molecule has 5 heteroatoms. The summed E-state index contributed by atoms with van der Waals surface area (Å²) in [4.78, 5) is 34.2. The molecule has 0 saturated heterocycles. The van der Waals surface area contributed by atoms with Gasteiger partial charge in [-0.2, -0.15) is 0 Å². The van der Waals surface area contributed by atoms with Crippen LogP contribution in [-0.2, 0) is 9.59 Å². The number of carbonyl (C=O) groups is 3. The molecule has 1 amide bonds. The van der Waals surface area contributed by atoms with Crippen molar-refractivity contribution in [2.45, 2.75) is 51.4 Å². The number of carboxylic acid groups (broad SMARTS) is 1. The molecule has 0 spiro atoms. The third kappa shape index (κ3) is 5.83. The summed E-state index contributed by atoms with van der Waals surface area (Å²) >= 11 is 0. The summed E-state index contributed by atoms with van der Waals surface area (Å²) in [6.07, 6.45) is 9.95. The number of unbranched alkanes of at least 4 members (excludes halogenated alkanes) is 3. The molecule has 0 bridgehead atoms. The number of hydrogen-bond donors (Lipinski definition) is 2. The van der Waals surface area contributed by atoms with Crippen LogP contribution in [0.2, 0.25) is 0 Å². The number of rotatable bonds is 10. The Kier molecular flexibility index (Phi) is 7.57. The minimum absolute atomic E-state index is 0.0338. The van der Waals surface area contributed by atoms with Crippen LogP contribution < -0.4 is 5.73 Å². The van der Waals surface area contributed by atoms with Crippen molar-refractivity contribution in [3.8, 4) is 0 Å². The molecule has 5 nitrogen and oxygen atoms in total. The molecule has 0 heterocycles. The number of carboxylic acids is 1. The van der Waals surface area contributed by atoms with Gasteiger partial charge in [-0.3, -0.25) is 14.4 Å². The molecule has 0 aromatic heterocycles. The van der Waals surface area contributed by atoms with Gasteiger partial charge in [-0.15, -0.1) is 0 Å². The Morgan fingerprint density at radius 3 is 2.62 bits per heavy atom. The molecule has 1 aliphatic carbocycles. The molecule has 3 N–H and O–H groups in total. The van der Waals surface area contributed by atoms with E-state index in [1.165, 1.54) is 0 Å². The molecular formula is C21H27NO4. The predicted molar refractivity (Wildman–Crippen MR) is 101 cm³/mol. The molecule has 0 radical (unpaired) electrons. The summed E-state index contributed by atoms with van der Waals surface area (Å²) in [5, 5.41) is 8.64. The summed E-state index contributed by atoms with van der Waals surface area (Å²) < 4.78 is 0. The Morgan fingerprint density at radius 1 is 1.15 bits per heavy atom. The van der Waals surface area contributed by atoms with Gasteiger partial charge in [0.25, 0.3) is 0 Å². The summed E-state index contributed by atoms with van der Waals surface area (Å²) in [7, 11) is 0. The van der Waals surface area contributed by atoms with Crippen LogP contribution in [0.3, 0.4) is 0 Å². The standard InChI is InChI=1S/C21H27NO4/c22-21(26)18-9-6-5-7-15(18)11-12-16-13-14-19(23)17(16)8-3-1-2-4-10-20(24)25/h5-7,9,11-12,16-17H,1-4,8,10,13-14H2,(H2,22,26)(H,24,25)/b12-11+. The van der Waals surface area contributed by atoms with Gasteiger partial charge in [0.1, 0.15) is 5.78 Å². The van der Waals surface area contributed by atoms with E-state index in [9.17, 15) is 14.4 Å². The van der Waals surface area contributed by atoms with Crippen molar-refractivity contribution >= 4 is 23.7 Å². The van der Waals surface area contributed by atoms with Crippen LogP contribution >= 0.6 is 0 Å². The zero-order valence-electron chi connectivity index (χ0n) is 15.0. The van der Waals surface area contributed by atoms with Crippen molar-refractivity contribution in [2.75, 3.05) is 0 Å². The maximum atomic E-state index is 12.2. The highest BCUT2D eigenvalue weighted by Gasteiger charge is 2.32. The monoisotopic (exact) mass is 357 g/mol. The zero-order chi connectivity index (χ0) is 18.9. The van der Waals surface area contributed by atoms with E-state index in [4.69, 9.17) is 10.8 Å². The molecule has 0 aliphatic heterocycles. The van der Waals surface area contributed by atoms with Crippen molar-refractivity contribution in [2.24, 2.45) is 17.6 Å². The van der Waals surface area contributed by atoms with E-state index in [-0.39, 0.29) is 18.3 Å². The fraction of sp³-hybridized carbons (Fsp3) is 0.476. The Labute approximate surface area is 154 Å². The first-order valence-electron chi connectivity index (χ1n) is 9.30. The first kappa shape index (κ1) is 19.9. The molecule has 2 rings (SSSR count). The highest BCUT2D eigenvalue weighted by molar-refractivity contribution is 5.96. The van der Waals surface area contributed by atoms with Crippen LogP contribution in [0.5, 0.6) is 0 Å². The van der Waals surface area contributed by atoms with Crippen LogP contribution in [-0.4, -0.2) is 22.8 Å². The zero-order valence-corrected chi connectivity index (χ0v) is 15.0. The molecule has 1 aliphatic rings. The lowest BCUT2D eigenvalue weighted by atomic mass is 9.89. The number of aliphatic carboxylic acids is 1. The summed E-state index contributed by atoms with van der Waals surface area (Å²) in [6.45, 7) is 0. The van der Waals surface area contributed by atoms with Gasteiger partial charge in [0.2, 0.25) is 5.91 Å². The highest BCUT2D eigenvalue weighted by atomic mass is 16.4. The van der Waals surface area contributed by atoms with Gasteiger partial charge in [-0.1, -0.05) is 49.6 Å². The SMILES string of the molecule is NC(=O)c1ccccc1/C=C/C1CCC(=O)C1CCCCCCC(=O)O. The van der Waals surface area contributed by atoms with E-state index in [1.54, 1.807) is 12.1 Å². The van der Waals surface area contributed by atoms with Crippen LogP contribution in [0, 0.1) is 11.8 Å². The molecule has 26 heavy (non-hydrogen) atoms. The van der Waals surface area contributed by atoms with E-state index in [0.717, 1.165) is 37.7 Å². The Morgan fingerprint density at radius 2 is 1.88 bits per heavy atom. The second-order valence-electron chi connectivity index (χ2n) is 6.93. The maximum Gasteiger partial charge on any atom is 0.303 e. The smallest absolute Gasteiger partial charge is 0.303 e. The lowest BCUT2D eigenvalue weighted by molar-refractivity contribution is -0.137. The van der Waals surface area contributed by atoms with Crippen LogP contribution in [0.25, 0.3) is 6.08 Å². The van der Waals surface area contributed by atoms with Crippen LogP contribution in [0.1, 0.15) is 67.3 Å². The van der Waals surface area contributed by atoms with Gasteiger partial charge in [-0.05, 0) is 36.8 Å². The van der Waals surface area contributed by atoms with Gasteiger partial charge in [-0.25, -0.2) is 0 Å². The normalized spacial score (nSPS) is 19.9. The molecule has 140 valence electrons. The average Bonchev–Trinajstić information content (AvgIpc) is 2.96. The van der Waals surface area contributed by atoms with Crippen LogP contribution in [0.15, 0.2) is 30.3 Å². The number of ketones is 1. The number of hydrogen-bond acceptors (Lipinski definition) is 3. The van der Waals surface area contributed by atoms with Gasteiger partial charge >= 0.3 is 5.97 Å². The number of primary amides is 1. The second kappa shape index (κ2) is 9.90. The molecule has 1 aromatic carbocycles. The summed E-state index contributed by atoms with van der Waals surface area (Å²) in [5.74, 6) is -0.662. The van der Waals surface area contributed by atoms with E-state index < -0.39 is 11.9 Å². The van der Waals surface area contributed by atoms with Crippen molar-refractivity contribution in [1.82, 2.24) is 0 Å². The van der Waals surface area contributed by atoms with E-state index in [1.807, 2.05) is 24.3 Å². The molecule has 2 unspecified atom stereocenters. The third-order valence-electron chi connectivity index (χ3n) is 5.06. The molecule has 1 fully saturated rings. The lowest BCUT2D eigenvalue weighted by Crippen LogP contribution is -2.14. The minimum Gasteiger partial charge on any atom is -0.481 e. The third-order valence-corrected chi connectivity index (χ3v) is 5.06. The number of carbonyl (C=O) groups excluding carboxylic acids is 2. The van der Waals surface area contributed by atoms with Crippen molar-refractivity contribution in [3.63, 3.8) is 0 Å². The molecule has 1 saturated carbocycles. The van der Waals surface area contributed by atoms with Gasteiger partial charge in [0.15, 0.2) is 0 Å². The largest absolute Gasteiger partial charge is 0.481 e. The van der Waals surface area contributed by atoms with Crippen molar-refractivity contribution in [1.29, 1.82) is 0 Å². The fourth-order valence-electron chi connectivity index (χ4n) is 3.63. The summed E-state index contributed by atoms with van der Waals surface area (Å²) in [6, 6.07) is 7.20. The Hall–Kier alpha value is -2.43. The number of Topliss-reactive ketones (excluding diaryl/α,β-unsaturated/α-hetero) is 1. The average molecular weight is 357 g/mol. The molecular weight excluding hydrogens is 330 g/mol. The first-order chi connectivity index (χ1) is 12.5. The first-order valence-corrected chi connectivity index (χ1v) is 9.30. The van der Waals surface area contributed by atoms with E-state index >= 15 is 0 Å². The topological polar surface area (TPSA) is 97.5 Å². The Bertz CT molecular complexity index is 680. The van der Waals surface area contributed by atoms with Gasteiger partial charge in [0.05, 0.1) is 0 Å². The fourth-order valence-corrected chi connectivity index (χ4v) is 3.63. The number of nitrogens with two attached hydrogens (primary N) is 1. The van der Waals surface area contributed by atoms with Crippen LogP contribution in [0.4, 0.5) is 0 Å². The second-order valence-corrected chi connectivity index (χ2v) is 6.93. The maximum absolute atomic E-state index is 12.2. The quantitative estimate of drug-likeness (QED) is 0.622. The number of allylic oxidation sites excluding steroid dienone is 1.